The summed E-state index contributed by atoms with van der Waals surface area (Å²) in [6.45, 7) is 3.00. The van der Waals surface area contributed by atoms with E-state index in [0.717, 1.165) is 0 Å². The Labute approximate surface area is 66.0 Å². The molecule has 0 aromatic heterocycles. The Kier molecular flexibility index (Phi) is 3.90. The summed E-state index contributed by atoms with van der Waals surface area (Å²) in [5.74, 6) is 0. The van der Waals surface area contributed by atoms with Gasteiger partial charge in [0.25, 0.3) is 10.2 Å². The summed E-state index contributed by atoms with van der Waals surface area (Å²) in [5.41, 5.74) is 0. The second-order valence-corrected chi connectivity index (χ2v) is 3.55. The summed E-state index contributed by atoms with van der Waals surface area (Å²) in [5, 5.41) is 15.9. The van der Waals surface area contributed by atoms with Crippen LogP contribution in [0.2, 0.25) is 0 Å². The first-order chi connectivity index (χ1) is 4.81. The Bertz CT molecular complexity index is 201. The van der Waals surface area contributed by atoms with Crippen molar-refractivity contribution in [3.05, 3.63) is 0 Å². The zero-order valence-electron chi connectivity index (χ0n) is 6.40. The molecule has 0 rings (SSSR count). The lowest BCUT2D eigenvalue weighted by atomic mass is 10.5. The van der Waals surface area contributed by atoms with Gasteiger partial charge in [0.2, 0.25) is 0 Å². The van der Waals surface area contributed by atoms with Crippen LogP contribution < -0.4 is 15.2 Å². The number of hydrogen-bond donors (Lipinski definition) is 4. The Balaban J connectivity index is 3.80. The van der Waals surface area contributed by atoms with E-state index in [-0.39, 0.29) is 0 Å². The first-order valence-corrected chi connectivity index (χ1v) is 4.60. The molecule has 7 heteroatoms. The van der Waals surface area contributed by atoms with Gasteiger partial charge in [0.1, 0.15) is 6.23 Å². The van der Waals surface area contributed by atoms with Crippen molar-refractivity contribution in [2.24, 2.45) is 5.14 Å². The van der Waals surface area contributed by atoms with E-state index in [4.69, 9.17) is 5.11 Å². The second-order valence-electron chi connectivity index (χ2n) is 2.23. The van der Waals surface area contributed by atoms with Crippen LogP contribution in [0.25, 0.3) is 0 Å². The molecule has 2 atom stereocenters. The number of rotatable bonds is 4. The highest BCUT2D eigenvalue weighted by Gasteiger charge is 2.09. The zero-order chi connectivity index (χ0) is 9.07. The van der Waals surface area contributed by atoms with E-state index in [0.29, 0.717) is 0 Å². The summed E-state index contributed by atoms with van der Waals surface area (Å²) in [6.07, 6.45) is -1.36. The van der Waals surface area contributed by atoms with E-state index in [1.165, 1.54) is 13.8 Å². The van der Waals surface area contributed by atoms with Crippen LogP contribution in [0.5, 0.6) is 0 Å². The molecule has 0 fully saturated rings. The second kappa shape index (κ2) is 3.98. The van der Waals surface area contributed by atoms with Gasteiger partial charge >= 0.3 is 0 Å². The Hall–Kier alpha value is -0.210. The van der Waals surface area contributed by atoms with E-state index in [1.807, 2.05) is 4.72 Å². The highest BCUT2D eigenvalue weighted by molar-refractivity contribution is 7.87. The first kappa shape index (κ1) is 10.8. The molecular weight excluding hydrogens is 170 g/mol. The zero-order valence-corrected chi connectivity index (χ0v) is 7.22. The monoisotopic (exact) mass is 183 g/mol. The lowest BCUT2D eigenvalue weighted by molar-refractivity contribution is 0.141. The van der Waals surface area contributed by atoms with Crippen LogP contribution in [-0.4, -0.2) is 25.9 Å². The van der Waals surface area contributed by atoms with Crippen molar-refractivity contribution in [3.63, 3.8) is 0 Å². The van der Waals surface area contributed by atoms with Crippen molar-refractivity contribution in [1.82, 2.24) is 10.0 Å². The van der Waals surface area contributed by atoms with Crippen molar-refractivity contribution in [2.45, 2.75) is 26.2 Å². The predicted octanol–water partition coefficient (Wildman–Crippen LogP) is -1.95. The Morgan fingerprint density at radius 1 is 1.45 bits per heavy atom. The van der Waals surface area contributed by atoms with Crippen LogP contribution in [0.15, 0.2) is 0 Å². The highest BCUT2D eigenvalue weighted by atomic mass is 32.2. The third-order valence-electron chi connectivity index (χ3n) is 0.832. The average molecular weight is 183 g/mol. The molecule has 0 bridgehead atoms. The molecule has 2 unspecified atom stereocenters. The van der Waals surface area contributed by atoms with E-state index in [2.05, 4.69) is 10.5 Å². The normalized spacial score (nSPS) is 17.8. The van der Waals surface area contributed by atoms with Gasteiger partial charge in [-0.15, -0.1) is 0 Å². The maximum absolute atomic E-state index is 10.4. The minimum atomic E-state index is -3.69. The molecule has 0 saturated heterocycles. The van der Waals surface area contributed by atoms with E-state index >= 15 is 0 Å². The van der Waals surface area contributed by atoms with E-state index < -0.39 is 22.6 Å². The molecule has 68 valence electrons. The van der Waals surface area contributed by atoms with Crippen molar-refractivity contribution in [2.75, 3.05) is 0 Å². The summed E-state index contributed by atoms with van der Waals surface area (Å²) >= 11 is 0. The minimum absolute atomic E-state index is 0.579. The molecule has 0 aromatic carbocycles. The average Bonchev–Trinajstić information content (AvgIpc) is 1.53. The molecule has 0 spiro atoms. The van der Waals surface area contributed by atoms with Crippen LogP contribution in [0, 0.1) is 0 Å². The fraction of sp³-hybridized carbons (Fsp3) is 1.00. The maximum atomic E-state index is 10.4. The summed E-state index contributed by atoms with van der Waals surface area (Å²) in [7, 11) is -3.69. The van der Waals surface area contributed by atoms with Gasteiger partial charge in [-0.1, -0.05) is 0 Å². The van der Waals surface area contributed by atoms with Crippen molar-refractivity contribution >= 4 is 10.2 Å². The number of aliphatic hydroxyl groups excluding tert-OH is 1. The SMILES string of the molecule is CC(O)NC(C)NS(N)(=O)=O. The third-order valence-corrected chi connectivity index (χ3v) is 1.51. The van der Waals surface area contributed by atoms with Crippen LogP contribution in [0.3, 0.4) is 0 Å². The molecule has 5 N–H and O–H groups in total. The lowest BCUT2D eigenvalue weighted by Crippen LogP contribution is -2.48. The molecule has 0 amide bonds. The third kappa shape index (κ3) is 7.69. The van der Waals surface area contributed by atoms with Gasteiger partial charge in [-0.05, 0) is 13.8 Å². The smallest absolute Gasteiger partial charge is 0.275 e. The molecule has 0 radical (unpaired) electrons. The number of hydrogen-bond acceptors (Lipinski definition) is 4. The fourth-order valence-electron chi connectivity index (χ4n) is 0.642. The Morgan fingerprint density at radius 2 is 1.91 bits per heavy atom. The largest absolute Gasteiger partial charge is 0.379 e. The quantitative estimate of drug-likeness (QED) is 0.380. The van der Waals surface area contributed by atoms with Crippen LogP contribution in [0.1, 0.15) is 13.8 Å². The molecule has 6 nitrogen and oxygen atoms in total. The standard InChI is InChI=1S/C4H13N3O3S/c1-3(6-4(2)8)7-11(5,9)10/h3-4,6-8H,1-2H3,(H2,5,9,10). The molecule has 0 aliphatic rings. The van der Waals surface area contributed by atoms with Crippen molar-refractivity contribution < 1.29 is 13.5 Å². The van der Waals surface area contributed by atoms with Gasteiger partial charge in [-0.2, -0.15) is 13.1 Å². The van der Waals surface area contributed by atoms with Crippen LogP contribution >= 0.6 is 0 Å². The van der Waals surface area contributed by atoms with E-state index in [1.54, 1.807) is 0 Å². The van der Waals surface area contributed by atoms with Gasteiger partial charge in [0, 0.05) is 0 Å². The summed E-state index contributed by atoms with van der Waals surface area (Å²) < 4.78 is 22.8. The highest BCUT2D eigenvalue weighted by Crippen LogP contribution is 1.80. The van der Waals surface area contributed by atoms with Gasteiger partial charge in [-0.3, -0.25) is 5.32 Å². The summed E-state index contributed by atoms with van der Waals surface area (Å²) in [6, 6.07) is 0. The van der Waals surface area contributed by atoms with Gasteiger partial charge in [0.05, 0.1) is 6.17 Å². The van der Waals surface area contributed by atoms with Crippen LogP contribution in [-0.2, 0) is 10.2 Å². The van der Waals surface area contributed by atoms with Crippen LogP contribution in [0.4, 0.5) is 0 Å². The van der Waals surface area contributed by atoms with Gasteiger partial charge < -0.3 is 5.11 Å². The fourth-order valence-corrected chi connectivity index (χ4v) is 1.20. The van der Waals surface area contributed by atoms with Crippen molar-refractivity contribution in [1.29, 1.82) is 0 Å². The predicted molar refractivity (Wildman–Crippen MR) is 40.5 cm³/mol. The topological polar surface area (TPSA) is 104 Å². The first-order valence-electron chi connectivity index (χ1n) is 3.05. The minimum Gasteiger partial charge on any atom is -0.379 e. The molecule has 0 aromatic rings. The molecule has 0 saturated carbocycles. The maximum Gasteiger partial charge on any atom is 0.275 e. The van der Waals surface area contributed by atoms with Crippen molar-refractivity contribution in [3.8, 4) is 0 Å². The molecule has 0 heterocycles. The molecular formula is C4H13N3O3S. The Morgan fingerprint density at radius 3 is 2.18 bits per heavy atom. The molecule has 0 aliphatic carbocycles. The lowest BCUT2D eigenvalue weighted by Gasteiger charge is -2.15. The van der Waals surface area contributed by atoms with Gasteiger partial charge in [0.15, 0.2) is 0 Å². The summed E-state index contributed by atoms with van der Waals surface area (Å²) in [4.78, 5) is 0. The number of nitrogens with one attached hydrogen (secondary N) is 2. The molecule has 0 aliphatic heterocycles. The number of nitrogens with two attached hydrogens (primary N) is 1. The molecule has 11 heavy (non-hydrogen) atoms. The number of aliphatic hydroxyl groups is 1. The van der Waals surface area contributed by atoms with Gasteiger partial charge in [-0.25, -0.2) is 5.14 Å². The van der Waals surface area contributed by atoms with E-state index in [9.17, 15) is 8.42 Å².